The highest BCUT2D eigenvalue weighted by atomic mass is 36.0. The fraction of sp³-hybridized carbons (Fsp3) is 1.00. The first kappa shape index (κ1) is 15.0. The van der Waals surface area contributed by atoms with Crippen molar-refractivity contribution in [3.8, 4) is 0 Å². The number of rotatable bonds is 3. The zero-order chi connectivity index (χ0) is 10.2. The molecule has 0 atom stereocenters. The van der Waals surface area contributed by atoms with E-state index < -0.39 is 8.26 Å². The Morgan fingerprint density at radius 1 is 1.25 bits per heavy atom. The van der Waals surface area contributed by atoms with Gasteiger partial charge >= 0.3 is 8.26 Å². The van der Waals surface area contributed by atoms with Crippen molar-refractivity contribution in [2.24, 2.45) is 0 Å². The summed E-state index contributed by atoms with van der Waals surface area (Å²) in [6.45, 7) is 3.44. The molecular formula is C6H15Cl2NO2S. The molecule has 12 heavy (non-hydrogen) atoms. The van der Waals surface area contributed by atoms with Gasteiger partial charge in [0.1, 0.15) is 0 Å². The molecule has 0 bridgehead atoms. The average Bonchev–Trinajstić information content (AvgIpc) is 1.79. The maximum Gasteiger partial charge on any atom is 0.317 e. The Labute approximate surface area is 83.6 Å². The highest BCUT2D eigenvalue weighted by Gasteiger charge is 1.88. The molecule has 0 spiro atoms. The molecule has 6 heteroatoms. The van der Waals surface area contributed by atoms with E-state index in [-0.39, 0.29) is 0 Å². The molecule has 0 aliphatic rings. The van der Waals surface area contributed by atoms with Crippen LogP contribution in [0.4, 0.5) is 0 Å². The molecule has 76 valence electrons. The van der Waals surface area contributed by atoms with Gasteiger partial charge < -0.3 is 4.90 Å². The summed E-state index contributed by atoms with van der Waals surface area (Å²) in [6.07, 6.45) is 2.63. The van der Waals surface area contributed by atoms with Crippen molar-refractivity contribution in [1.82, 2.24) is 4.90 Å². The Balaban J connectivity index is 0. The molecule has 0 rings (SSSR count). The van der Waals surface area contributed by atoms with Crippen LogP contribution in [0.3, 0.4) is 0 Å². The van der Waals surface area contributed by atoms with Crippen LogP contribution in [-0.4, -0.2) is 34.0 Å². The summed E-state index contributed by atoms with van der Waals surface area (Å²) in [4.78, 5) is 2.21. The van der Waals surface area contributed by atoms with E-state index >= 15 is 0 Å². The lowest BCUT2D eigenvalue weighted by Crippen LogP contribution is -2.12. The molecule has 0 heterocycles. The van der Waals surface area contributed by atoms with Crippen LogP contribution in [0.25, 0.3) is 0 Å². The lowest BCUT2D eigenvalue weighted by Gasteiger charge is -2.05. The van der Waals surface area contributed by atoms with Gasteiger partial charge in [0, 0.05) is 21.4 Å². The molecule has 0 unspecified atom stereocenters. The Kier molecular flexibility index (Phi) is 10.1. The molecule has 0 saturated heterocycles. The van der Waals surface area contributed by atoms with Gasteiger partial charge in [0.25, 0.3) is 0 Å². The van der Waals surface area contributed by atoms with Crippen LogP contribution in [-0.2, 0) is 8.26 Å². The van der Waals surface area contributed by atoms with Crippen LogP contribution in [0.2, 0.25) is 0 Å². The molecule has 0 aromatic rings. The second-order valence-electron chi connectivity index (χ2n) is 2.54. The molecule has 0 aromatic heterocycles. The van der Waals surface area contributed by atoms with Crippen molar-refractivity contribution in [3.05, 3.63) is 0 Å². The molecule has 0 fully saturated rings. The van der Waals surface area contributed by atoms with Gasteiger partial charge in [-0.25, -0.2) is 0 Å². The van der Waals surface area contributed by atoms with E-state index in [9.17, 15) is 0 Å². The van der Waals surface area contributed by atoms with E-state index in [4.69, 9.17) is 8.42 Å². The Hall–Kier alpha value is 0.490. The van der Waals surface area contributed by atoms with Crippen molar-refractivity contribution >= 4 is 29.6 Å². The van der Waals surface area contributed by atoms with Gasteiger partial charge in [0.2, 0.25) is 0 Å². The summed E-state index contributed by atoms with van der Waals surface area (Å²) in [5, 5.41) is 0. The zero-order valence-electron chi connectivity index (χ0n) is 7.55. The number of unbranched alkanes of at least 4 members (excludes halogenated alkanes) is 1. The van der Waals surface area contributed by atoms with Crippen LogP contribution < -0.4 is 0 Å². The van der Waals surface area contributed by atoms with E-state index in [2.05, 4.69) is 47.3 Å². The monoisotopic (exact) mass is 235 g/mol. The SMILES string of the molecule is CCCCN(C)C.O=S(=O)(Cl)Cl. The van der Waals surface area contributed by atoms with Gasteiger partial charge in [-0.2, -0.15) is 8.42 Å². The minimum absolute atomic E-state index is 1.23. The first-order valence-electron chi connectivity index (χ1n) is 3.56. The van der Waals surface area contributed by atoms with Crippen LogP contribution >= 0.6 is 21.4 Å². The van der Waals surface area contributed by atoms with Gasteiger partial charge in [0.15, 0.2) is 0 Å². The normalized spacial score (nSPS) is 10.8. The highest BCUT2D eigenvalue weighted by molar-refractivity contribution is 8.31. The summed E-state index contributed by atoms with van der Waals surface area (Å²) in [5.41, 5.74) is 0. The number of hydrogen-bond donors (Lipinski definition) is 0. The van der Waals surface area contributed by atoms with Gasteiger partial charge in [-0.15, -0.1) is 0 Å². The Morgan fingerprint density at radius 2 is 1.58 bits per heavy atom. The van der Waals surface area contributed by atoms with Crippen molar-refractivity contribution in [1.29, 1.82) is 0 Å². The quantitative estimate of drug-likeness (QED) is 0.704. The largest absolute Gasteiger partial charge is 0.317 e. The summed E-state index contributed by atoms with van der Waals surface area (Å²) >= 11 is 0. The third-order valence-corrected chi connectivity index (χ3v) is 0.959. The maximum absolute atomic E-state index is 9.16. The summed E-state index contributed by atoms with van der Waals surface area (Å²) in [5.74, 6) is 0. The number of nitrogens with zero attached hydrogens (tertiary/aromatic N) is 1. The number of hydrogen-bond acceptors (Lipinski definition) is 3. The lowest BCUT2D eigenvalue weighted by molar-refractivity contribution is 0.398. The number of halogens is 2. The van der Waals surface area contributed by atoms with Crippen molar-refractivity contribution in [3.63, 3.8) is 0 Å². The minimum atomic E-state index is -3.72. The topological polar surface area (TPSA) is 37.4 Å². The fourth-order valence-corrected chi connectivity index (χ4v) is 0.474. The van der Waals surface area contributed by atoms with Crippen LogP contribution in [0, 0.1) is 0 Å². The van der Waals surface area contributed by atoms with Crippen LogP contribution in [0.1, 0.15) is 19.8 Å². The van der Waals surface area contributed by atoms with Gasteiger partial charge in [-0.3, -0.25) is 0 Å². The third-order valence-electron chi connectivity index (χ3n) is 0.959. The molecule has 0 aliphatic heterocycles. The molecule has 3 nitrogen and oxygen atoms in total. The molecular weight excluding hydrogens is 221 g/mol. The summed E-state index contributed by atoms with van der Waals surface area (Å²) < 4.78 is 18.3. The van der Waals surface area contributed by atoms with E-state index in [0.29, 0.717) is 0 Å². The first-order valence-corrected chi connectivity index (χ1v) is 6.70. The first-order chi connectivity index (χ1) is 5.27. The van der Waals surface area contributed by atoms with Crippen LogP contribution in [0.5, 0.6) is 0 Å². The van der Waals surface area contributed by atoms with Crippen molar-refractivity contribution < 1.29 is 8.42 Å². The molecule has 0 aliphatic carbocycles. The van der Waals surface area contributed by atoms with Gasteiger partial charge in [0.05, 0.1) is 0 Å². The smallest absolute Gasteiger partial charge is 0.309 e. The second kappa shape index (κ2) is 8.10. The molecule has 0 amide bonds. The van der Waals surface area contributed by atoms with Crippen molar-refractivity contribution in [2.75, 3.05) is 20.6 Å². The summed E-state index contributed by atoms with van der Waals surface area (Å²) in [7, 11) is 9.03. The lowest BCUT2D eigenvalue weighted by atomic mass is 10.3. The Morgan fingerprint density at radius 3 is 1.67 bits per heavy atom. The van der Waals surface area contributed by atoms with Crippen LogP contribution in [0.15, 0.2) is 0 Å². The molecule has 0 N–H and O–H groups in total. The average molecular weight is 236 g/mol. The Bertz CT molecular complexity index is 172. The highest BCUT2D eigenvalue weighted by Crippen LogP contribution is 1.98. The second-order valence-corrected chi connectivity index (χ2v) is 6.20. The van der Waals surface area contributed by atoms with Gasteiger partial charge in [-0.05, 0) is 27.1 Å². The zero-order valence-corrected chi connectivity index (χ0v) is 9.88. The van der Waals surface area contributed by atoms with Crippen molar-refractivity contribution in [2.45, 2.75) is 19.8 Å². The standard InChI is InChI=1S/C6H15N.Cl2O2S/c1-4-5-6-7(2)3;1-5(2,3)4/h4-6H2,1-3H3;. The predicted molar refractivity (Wildman–Crippen MR) is 54.1 cm³/mol. The van der Waals surface area contributed by atoms with E-state index in [1.165, 1.54) is 19.4 Å². The van der Waals surface area contributed by atoms with Gasteiger partial charge in [-0.1, -0.05) is 13.3 Å². The fourth-order valence-electron chi connectivity index (χ4n) is 0.474. The van der Waals surface area contributed by atoms with E-state index in [1.54, 1.807) is 0 Å². The predicted octanol–water partition coefficient (Wildman–Crippen LogP) is 2.06. The molecule has 0 saturated carbocycles. The van der Waals surface area contributed by atoms with E-state index in [1.807, 2.05) is 0 Å². The molecule has 0 radical (unpaired) electrons. The molecule has 0 aromatic carbocycles. The maximum atomic E-state index is 9.16. The minimum Gasteiger partial charge on any atom is -0.309 e. The summed E-state index contributed by atoms with van der Waals surface area (Å²) in [6, 6.07) is 0. The third kappa shape index (κ3) is 46.9. The van der Waals surface area contributed by atoms with E-state index in [0.717, 1.165) is 0 Å².